The highest BCUT2D eigenvalue weighted by Crippen LogP contribution is 2.30. The van der Waals surface area contributed by atoms with Crippen LogP contribution < -0.4 is 14.8 Å². The van der Waals surface area contributed by atoms with E-state index in [2.05, 4.69) is 5.32 Å². The zero-order chi connectivity index (χ0) is 17.4. The van der Waals surface area contributed by atoms with Crippen molar-refractivity contribution < 1.29 is 18.7 Å². The number of carbonyl (C=O) groups excluding carboxylic acids is 1. The van der Waals surface area contributed by atoms with E-state index in [1.54, 1.807) is 36.4 Å². The molecule has 0 unspecified atom stereocenters. The molecule has 0 aliphatic heterocycles. The van der Waals surface area contributed by atoms with E-state index in [-0.39, 0.29) is 11.7 Å². The van der Waals surface area contributed by atoms with Crippen molar-refractivity contribution >= 4 is 17.7 Å². The monoisotopic (exact) mass is 329 g/mol. The lowest BCUT2D eigenvalue weighted by atomic mass is 10.2. The van der Waals surface area contributed by atoms with Gasteiger partial charge in [-0.15, -0.1) is 0 Å². The number of benzene rings is 2. The number of nitrogens with one attached hydrogen (secondary N) is 1. The molecule has 1 N–H and O–H groups in total. The van der Waals surface area contributed by atoms with Gasteiger partial charge in [-0.05, 0) is 49.8 Å². The molecular formula is C19H20FNO3. The number of amides is 1. The maximum Gasteiger partial charge on any atom is 0.248 e. The molecule has 126 valence electrons. The molecule has 0 atom stereocenters. The quantitative estimate of drug-likeness (QED) is 0.772. The Bertz CT molecular complexity index is 711. The Labute approximate surface area is 140 Å². The molecule has 2 rings (SSSR count). The van der Waals surface area contributed by atoms with Crippen LogP contribution >= 0.6 is 0 Å². The molecule has 0 saturated heterocycles. The molecule has 0 saturated carbocycles. The average molecular weight is 329 g/mol. The van der Waals surface area contributed by atoms with Gasteiger partial charge in [0.25, 0.3) is 0 Å². The molecule has 0 aliphatic rings. The van der Waals surface area contributed by atoms with E-state index in [1.165, 1.54) is 18.2 Å². The Morgan fingerprint density at radius 3 is 2.38 bits per heavy atom. The Hall–Kier alpha value is -2.82. The molecule has 1 amide bonds. The highest BCUT2D eigenvalue weighted by molar-refractivity contribution is 6.02. The van der Waals surface area contributed by atoms with Crippen molar-refractivity contribution in [2.75, 3.05) is 18.5 Å². The third-order valence-corrected chi connectivity index (χ3v) is 3.11. The first kappa shape index (κ1) is 17.5. The number of hydrogen-bond donors (Lipinski definition) is 1. The normalized spacial score (nSPS) is 10.6. The molecule has 2 aromatic rings. The molecule has 24 heavy (non-hydrogen) atoms. The van der Waals surface area contributed by atoms with Crippen molar-refractivity contribution in [3.05, 3.63) is 59.9 Å². The second kappa shape index (κ2) is 8.72. The maximum atomic E-state index is 12.8. The molecular weight excluding hydrogens is 309 g/mol. The molecule has 0 aromatic heterocycles. The minimum Gasteiger partial charge on any atom is -0.490 e. The van der Waals surface area contributed by atoms with Gasteiger partial charge in [0.05, 0.1) is 13.2 Å². The highest BCUT2D eigenvalue weighted by Gasteiger charge is 2.07. The van der Waals surface area contributed by atoms with Crippen molar-refractivity contribution in [1.82, 2.24) is 0 Å². The van der Waals surface area contributed by atoms with Crippen LogP contribution in [0.1, 0.15) is 19.4 Å². The zero-order valence-corrected chi connectivity index (χ0v) is 13.7. The van der Waals surface area contributed by atoms with Crippen LogP contribution in [0.25, 0.3) is 6.08 Å². The molecule has 5 heteroatoms. The molecule has 0 bridgehead atoms. The van der Waals surface area contributed by atoms with Crippen LogP contribution in [-0.2, 0) is 4.79 Å². The second-order valence-electron chi connectivity index (χ2n) is 4.90. The van der Waals surface area contributed by atoms with Gasteiger partial charge in [0.1, 0.15) is 5.82 Å². The van der Waals surface area contributed by atoms with Crippen molar-refractivity contribution in [3.63, 3.8) is 0 Å². The molecule has 0 spiro atoms. The number of rotatable bonds is 7. The average Bonchev–Trinajstić information content (AvgIpc) is 2.57. The summed E-state index contributed by atoms with van der Waals surface area (Å²) in [5, 5.41) is 2.76. The van der Waals surface area contributed by atoms with E-state index < -0.39 is 0 Å². The van der Waals surface area contributed by atoms with Crippen molar-refractivity contribution in [3.8, 4) is 11.5 Å². The van der Waals surface area contributed by atoms with E-state index in [1.807, 2.05) is 13.8 Å². The molecule has 0 radical (unpaired) electrons. The fourth-order valence-corrected chi connectivity index (χ4v) is 2.06. The summed E-state index contributed by atoms with van der Waals surface area (Å²) >= 11 is 0. The van der Waals surface area contributed by atoms with Gasteiger partial charge in [-0.1, -0.05) is 12.1 Å². The Kier molecular flexibility index (Phi) is 6.37. The number of hydrogen-bond acceptors (Lipinski definition) is 3. The van der Waals surface area contributed by atoms with E-state index in [9.17, 15) is 9.18 Å². The Balaban J connectivity index is 2.05. The summed E-state index contributed by atoms with van der Waals surface area (Å²) < 4.78 is 23.8. The third-order valence-electron chi connectivity index (χ3n) is 3.11. The molecule has 2 aromatic carbocycles. The first-order chi connectivity index (χ1) is 11.6. The summed E-state index contributed by atoms with van der Waals surface area (Å²) in [4.78, 5) is 12.0. The third kappa shape index (κ3) is 5.12. The fraction of sp³-hybridized carbons (Fsp3) is 0.211. The van der Waals surface area contributed by atoms with E-state index in [0.717, 1.165) is 5.56 Å². The van der Waals surface area contributed by atoms with Crippen LogP contribution in [0.4, 0.5) is 10.1 Å². The SMILES string of the molecule is CCOc1ccc(NC(=O)/C=C/c2ccc(F)cc2)cc1OCC. The predicted molar refractivity (Wildman–Crippen MR) is 92.8 cm³/mol. The van der Waals surface area contributed by atoms with E-state index in [4.69, 9.17) is 9.47 Å². The van der Waals surface area contributed by atoms with Crippen molar-refractivity contribution in [2.24, 2.45) is 0 Å². The lowest BCUT2D eigenvalue weighted by molar-refractivity contribution is -0.111. The molecule has 0 fully saturated rings. The smallest absolute Gasteiger partial charge is 0.248 e. The Morgan fingerprint density at radius 2 is 1.71 bits per heavy atom. The number of halogens is 1. The van der Waals surface area contributed by atoms with Gasteiger partial charge >= 0.3 is 0 Å². The van der Waals surface area contributed by atoms with Gasteiger partial charge in [0, 0.05) is 17.8 Å². The van der Waals surface area contributed by atoms with Crippen molar-refractivity contribution in [2.45, 2.75) is 13.8 Å². The van der Waals surface area contributed by atoms with Gasteiger partial charge in [-0.3, -0.25) is 4.79 Å². The largest absolute Gasteiger partial charge is 0.490 e. The zero-order valence-electron chi connectivity index (χ0n) is 13.7. The lowest BCUT2D eigenvalue weighted by Gasteiger charge is -2.12. The second-order valence-corrected chi connectivity index (χ2v) is 4.90. The van der Waals surface area contributed by atoms with Gasteiger partial charge < -0.3 is 14.8 Å². The summed E-state index contributed by atoms with van der Waals surface area (Å²) in [6, 6.07) is 11.1. The van der Waals surface area contributed by atoms with E-state index in [0.29, 0.717) is 30.4 Å². The Morgan fingerprint density at radius 1 is 1.04 bits per heavy atom. The minimum atomic E-state index is -0.311. The van der Waals surface area contributed by atoms with Gasteiger partial charge in [-0.2, -0.15) is 0 Å². The van der Waals surface area contributed by atoms with Gasteiger partial charge in [0.15, 0.2) is 11.5 Å². The van der Waals surface area contributed by atoms with Crippen LogP contribution in [0.3, 0.4) is 0 Å². The van der Waals surface area contributed by atoms with Crippen LogP contribution in [0.2, 0.25) is 0 Å². The summed E-state index contributed by atoms with van der Waals surface area (Å²) in [5.74, 6) is 0.624. The van der Waals surface area contributed by atoms with Gasteiger partial charge in [-0.25, -0.2) is 4.39 Å². The number of ether oxygens (including phenoxy) is 2. The maximum absolute atomic E-state index is 12.8. The number of anilines is 1. The summed E-state index contributed by atoms with van der Waals surface area (Å²) in [5.41, 5.74) is 1.35. The van der Waals surface area contributed by atoms with Crippen LogP contribution in [0.5, 0.6) is 11.5 Å². The van der Waals surface area contributed by atoms with Crippen LogP contribution in [-0.4, -0.2) is 19.1 Å². The first-order valence-electron chi connectivity index (χ1n) is 7.76. The van der Waals surface area contributed by atoms with Gasteiger partial charge in [0.2, 0.25) is 5.91 Å². The van der Waals surface area contributed by atoms with Crippen molar-refractivity contribution in [1.29, 1.82) is 0 Å². The molecule has 4 nitrogen and oxygen atoms in total. The topological polar surface area (TPSA) is 47.6 Å². The highest BCUT2D eigenvalue weighted by atomic mass is 19.1. The number of carbonyl (C=O) groups is 1. The van der Waals surface area contributed by atoms with Crippen LogP contribution in [0.15, 0.2) is 48.5 Å². The van der Waals surface area contributed by atoms with Crippen LogP contribution in [0, 0.1) is 5.82 Å². The molecule has 0 aliphatic carbocycles. The summed E-state index contributed by atoms with van der Waals surface area (Å²) in [6.07, 6.45) is 3.01. The van der Waals surface area contributed by atoms with E-state index >= 15 is 0 Å². The predicted octanol–water partition coefficient (Wildman–Crippen LogP) is 4.28. The molecule has 0 heterocycles. The minimum absolute atomic E-state index is 0.286. The summed E-state index contributed by atoms with van der Waals surface area (Å²) in [6.45, 7) is 4.81. The lowest BCUT2D eigenvalue weighted by Crippen LogP contribution is -2.08. The first-order valence-corrected chi connectivity index (χ1v) is 7.76. The standard InChI is InChI=1S/C19H20FNO3/c1-3-23-17-11-10-16(13-18(17)24-4-2)21-19(22)12-7-14-5-8-15(20)9-6-14/h5-13H,3-4H2,1-2H3,(H,21,22)/b12-7+. The summed E-state index contributed by atoms with van der Waals surface area (Å²) in [7, 11) is 0. The fourth-order valence-electron chi connectivity index (χ4n) is 2.06.